The van der Waals surface area contributed by atoms with Crippen LogP contribution in [-0.4, -0.2) is 55.6 Å². The molecule has 1 fully saturated rings. The molecule has 1 saturated heterocycles. The predicted octanol–water partition coefficient (Wildman–Crippen LogP) is 5.91. The van der Waals surface area contributed by atoms with E-state index in [9.17, 15) is 9.50 Å². The number of rotatable bonds is 7. The average molecular weight is 501 g/mol. The van der Waals surface area contributed by atoms with Gasteiger partial charge in [0.05, 0.1) is 13.3 Å². The Balaban J connectivity index is 1.33. The van der Waals surface area contributed by atoms with E-state index in [1.807, 2.05) is 18.2 Å². The zero-order valence-corrected chi connectivity index (χ0v) is 21.0. The van der Waals surface area contributed by atoms with E-state index in [1.165, 1.54) is 22.4 Å². The van der Waals surface area contributed by atoms with Gasteiger partial charge in [-0.25, -0.2) is 0 Å². The predicted molar refractivity (Wildman–Crippen MR) is 145 cm³/mol. The van der Waals surface area contributed by atoms with Crippen molar-refractivity contribution in [2.24, 2.45) is 0 Å². The first-order chi connectivity index (χ1) is 18.2. The molecular formula is C31H33FN2O3. The summed E-state index contributed by atoms with van der Waals surface area (Å²) in [6.45, 7) is 3.86. The highest BCUT2D eigenvalue weighted by Gasteiger charge is 2.25. The van der Waals surface area contributed by atoms with Crippen LogP contribution in [0.15, 0.2) is 60.7 Å². The lowest BCUT2D eigenvalue weighted by molar-refractivity contribution is 0.198. The Morgan fingerprint density at radius 1 is 1.03 bits per heavy atom. The van der Waals surface area contributed by atoms with Gasteiger partial charge in [-0.2, -0.15) is 0 Å². The van der Waals surface area contributed by atoms with Crippen molar-refractivity contribution in [3.63, 3.8) is 0 Å². The van der Waals surface area contributed by atoms with E-state index < -0.39 is 0 Å². The van der Waals surface area contributed by atoms with Crippen molar-refractivity contribution in [2.45, 2.75) is 31.8 Å². The third kappa shape index (κ3) is 5.03. The Morgan fingerprint density at radius 3 is 2.76 bits per heavy atom. The van der Waals surface area contributed by atoms with Crippen LogP contribution in [0.2, 0.25) is 0 Å². The van der Waals surface area contributed by atoms with Crippen LogP contribution in [0.1, 0.15) is 41.5 Å². The maximum atomic E-state index is 12.5. The molecule has 37 heavy (non-hydrogen) atoms. The Hall–Kier alpha value is -3.51. The molecule has 0 bridgehead atoms. The zero-order valence-electron chi connectivity index (χ0n) is 21.0. The molecule has 3 aromatic carbocycles. The highest BCUT2D eigenvalue weighted by Crippen LogP contribution is 2.43. The van der Waals surface area contributed by atoms with Crippen LogP contribution in [0.3, 0.4) is 0 Å². The zero-order chi connectivity index (χ0) is 25.2. The van der Waals surface area contributed by atoms with Gasteiger partial charge in [0.1, 0.15) is 23.4 Å². The van der Waals surface area contributed by atoms with Gasteiger partial charge in [0, 0.05) is 49.9 Å². The summed E-state index contributed by atoms with van der Waals surface area (Å²) >= 11 is 0. The van der Waals surface area contributed by atoms with Crippen molar-refractivity contribution in [3.8, 4) is 17.2 Å². The molecule has 0 aromatic heterocycles. The van der Waals surface area contributed by atoms with E-state index in [2.05, 4.69) is 40.5 Å². The third-order valence-electron chi connectivity index (χ3n) is 7.59. The minimum absolute atomic E-state index is 0.134. The van der Waals surface area contributed by atoms with Crippen LogP contribution in [0.25, 0.3) is 11.1 Å². The van der Waals surface area contributed by atoms with E-state index in [4.69, 9.17) is 9.47 Å². The van der Waals surface area contributed by atoms with Crippen LogP contribution in [-0.2, 0) is 6.42 Å². The maximum Gasteiger partial charge on any atom is 0.130 e. The number of anilines is 1. The number of fused-ring (bicyclic) bond motifs is 2. The van der Waals surface area contributed by atoms with E-state index in [-0.39, 0.29) is 18.5 Å². The monoisotopic (exact) mass is 500 g/mol. The molecule has 0 radical (unpaired) electrons. The molecule has 5 nitrogen and oxygen atoms in total. The number of phenolic OH excluding ortho intramolecular Hbond substituents is 1. The molecule has 0 saturated carbocycles. The molecule has 0 unspecified atom stereocenters. The molecule has 3 aromatic rings. The summed E-state index contributed by atoms with van der Waals surface area (Å²) < 4.78 is 24.9. The molecule has 2 N–H and O–H groups in total. The molecular weight excluding hydrogens is 467 g/mol. The van der Waals surface area contributed by atoms with Crippen molar-refractivity contribution < 1.29 is 19.0 Å². The number of aromatic hydroxyl groups is 1. The van der Waals surface area contributed by atoms with Gasteiger partial charge in [0.15, 0.2) is 0 Å². The van der Waals surface area contributed by atoms with E-state index in [0.29, 0.717) is 18.8 Å². The van der Waals surface area contributed by atoms with Crippen molar-refractivity contribution in [1.82, 2.24) is 4.90 Å². The van der Waals surface area contributed by atoms with Crippen LogP contribution >= 0.6 is 0 Å². The minimum atomic E-state index is -0.266. The summed E-state index contributed by atoms with van der Waals surface area (Å²) in [6.07, 6.45) is 3.49. The summed E-state index contributed by atoms with van der Waals surface area (Å²) in [5, 5.41) is 13.6. The number of nitrogens with zero attached hydrogens (tertiary/aromatic N) is 1. The van der Waals surface area contributed by atoms with Gasteiger partial charge in [-0.05, 0) is 83.5 Å². The Bertz CT molecular complexity index is 1300. The molecule has 3 aliphatic rings. The highest BCUT2D eigenvalue weighted by atomic mass is 19.1. The lowest BCUT2D eigenvalue weighted by Crippen LogP contribution is -2.26. The largest absolute Gasteiger partial charge is 0.508 e. The van der Waals surface area contributed by atoms with E-state index in [1.54, 1.807) is 12.1 Å². The van der Waals surface area contributed by atoms with Crippen LogP contribution in [0.4, 0.5) is 10.1 Å². The molecule has 6 rings (SSSR count). The number of phenols is 1. The SMILES string of the molecule is Oc1ccc2c(c1)OCCC(c1ccc3c(c1)CCN3)=C2c1ccc(O[C@H]2CCN(CCCF)C2)cc1. The number of alkyl halides is 1. The summed E-state index contributed by atoms with van der Waals surface area (Å²) in [6, 6.07) is 20.4. The molecule has 1 atom stereocenters. The minimum Gasteiger partial charge on any atom is -0.508 e. The van der Waals surface area contributed by atoms with Gasteiger partial charge in [-0.3, -0.25) is 9.29 Å². The average Bonchev–Trinajstić information content (AvgIpc) is 3.53. The first-order valence-corrected chi connectivity index (χ1v) is 13.3. The standard InChI is InChI=1S/C31H33FN2O3/c32-13-1-15-34-16-11-26(20-34)37-25-6-2-21(3-7-25)31-27(22-4-9-29-23(18-22)10-14-33-29)12-17-36-30-19-24(35)5-8-28(30)31/h2-9,18-19,26,33,35H,1,10-17,20H2/t26-/m0/s1. The molecule has 0 aliphatic carbocycles. The van der Waals surface area contributed by atoms with Crippen molar-refractivity contribution >= 4 is 16.8 Å². The van der Waals surface area contributed by atoms with Crippen LogP contribution in [0.5, 0.6) is 17.2 Å². The normalized spacial score (nSPS) is 19.1. The Labute approximate surface area is 217 Å². The smallest absolute Gasteiger partial charge is 0.130 e. The van der Waals surface area contributed by atoms with Gasteiger partial charge in [0.25, 0.3) is 0 Å². The lowest BCUT2D eigenvalue weighted by atomic mass is 9.87. The van der Waals surface area contributed by atoms with Crippen LogP contribution < -0.4 is 14.8 Å². The molecule has 0 spiro atoms. The topological polar surface area (TPSA) is 54.0 Å². The fraction of sp³-hybridized carbons (Fsp3) is 0.355. The van der Waals surface area contributed by atoms with Crippen molar-refractivity contribution in [2.75, 3.05) is 44.8 Å². The third-order valence-corrected chi connectivity index (χ3v) is 7.59. The Morgan fingerprint density at radius 2 is 1.89 bits per heavy atom. The number of hydrogen-bond acceptors (Lipinski definition) is 5. The summed E-state index contributed by atoms with van der Waals surface area (Å²) in [5.41, 5.74) is 8.22. The fourth-order valence-corrected chi connectivity index (χ4v) is 5.77. The highest BCUT2D eigenvalue weighted by molar-refractivity contribution is 6.01. The second-order valence-electron chi connectivity index (χ2n) is 10.1. The van der Waals surface area contributed by atoms with Crippen molar-refractivity contribution in [3.05, 3.63) is 82.9 Å². The molecule has 0 amide bonds. The quantitative estimate of drug-likeness (QED) is 0.422. The second kappa shape index (κ2) is 10.5. The number of ether oxygens (including phenoxy) is 2. The first kappa shape index (κ1) is 23.9. The van der Waals surface area contributed by atoms with Crippen molar-refractivity contribution in [1.29, 1.82) is 0 Å². The molecule has 192 valence electrons. The lowest BCUT2D eigenvalue weighted by Gasteiger charge is -2.18. The second-order valence-corrected chi connectivity index (χ2v) is 10.1. The van der Waals surface area contributed by atoms with Gasteiger partial charge < -0.3 is 19.9 Å². The summed E-state index contributed by atoms with van der Waals surface area (Å²) in [4.78, 5) is 2.28. The van der Waals surface area contributed by atoms with E-state index in [0.717, 1.165) is 67.9 Å². The van der Waals surface area contributed by atoms with Gasteiger partial charge >= 0.3 is 0 Å². The molecule has 6 heteroatoms. The molecule has 3 heterocycles. The van der Waals surface area contributed by atoms with Gasteiger partial charge in [0.2, 0.25) is 0 Å². The summed E-state index contributed by atoms with van der Waals surface area (Å²) in [7, 11) is 0. The fourth-order valence-electron chi connectivity index (χ4n) is 5.77. The number of halogens is 1. The van der Waals surface area contributed by atoms with Gasteiger partial charge in [-0.15, -0.1) is 0 Å². The van der Waals surface area contributed by atoms with Crippen LogP contribution in [0, 0.1) is 0 Å². The number of hydrogen-bond donors (Lipinski definition) is 2. The maximum absolute atomic E-state index is 12.5. The molecule has 3 aliphatic heterocycles. The number of benzene rings is 3. The summed E-state index contributed by atoms with van der Waals surface area (Å²) in [5.74, 6) is 1.75. The number of nitrogens with one attached hydrogen (secondary N) is 1. The first-order valence-electron chi connectivity index (χ1n) is 13.3. The van der Waals surface area contributed by atoms with E-state index >= 15 is 0 Å². The number of likely N-dealkylation sites (tertiary alicyclic amines) is 1. The van der Waals surface area contributed by atoms with Gasteiger partial charge in [-0.1, -0.05) is 18.2 Å². The Kier molecular flexibility index (Phi) is 6.75.